The van der Waals surface area contributed by atoms with E-state index in [0.717, 1.165) is 52.9 Å². The highest BCUT2D eigenvalue weighted by molar-refractivity contribution is 6.33. The second-order valence-corrected chi connectivity index (χ2v) is 7.72. The molecule has 0 N–H and O–H groups in total. The molecule has 0 saturated carbocycles. The summed E-state index contributed by atoms with van der Waals surface area (Å²) in [4.78, 5) is 9.25. The summed E-state index contributed by atoms with van der Waals surface area (Å²) in [7, 11) is 0. The van der Waals surface area contributed by atoms with E-state index in [-0.39, 0.29) is 0 Å². The Bertz CT molecular complexity index is 995. The standard InChI is InChI=1S/C20H18Cl2N4/c21-16-6-2-1-5-14(16)20-24-18-7-3-4-8-19(18)26(20)25-11-13-9-23-10-17(22)15(13)12-25/h1-2,5-6,9-10H,3-4,7-8,11-12H2. The van der Waals surface area contributed by atoms with Crippen molar-refractivity contribution in [3.05, 3.63) is 69.2 Å². The van der Waals surface area contributed by atoms with Crippen LogP contribution >= 0.6 is 23.2 Å². The Labute approximate surface area is 162 Å². The van der Waals surface area contributed by atoms with E-state index in [0.29, 0.717) is 0 Å². The van der Waals surface area contributed by atoms with Crippen LogP contribution in [0.2, 0.25) is 10.0 Å². The number of nitrogens with zero attached hydrogens (tertiary/aromatic N) is 4. The summed E-state index contributed by atoms with van der Waals surface area (Å²) in [5, 5.41) is 3.78. The molecule has 2 aromatic heterocycles. The van der Waals surface area contributed by atoms with Crippen molar-refractivity contribution in [3.8, 4) is 11.4 Å². The second kappa shape index (κ2) is 6.29. The lowest BCUT2D eigenvalue weighted by atomic mass is 10.0. The van der Waals surface area contributed by atoms with Gasteiger partial charge in [0.1, 0.15) is 0 Å². The predicted octanol–water partition coefficient (Wildman–Crippen LogP) is 4.78. The Kier molecular flexibility index (Phi) is 3.91. The maximum Gasteiger partial charge on any atom is 0.160 e. The van der Waals surface area contributed by atoms with Gasteiger partial charge in [0.25, 0.3) is 0 Å². The molecule has 5 rings (SSSR count). The van der Waals surface area contributed by atoms with Crippen LogP contribution in [-0.4, -0.2) is 14.6 Å². The molecule has 0 saturated heterocycles. The highest BCUT2D eigenvalue weighted by Crippen LogP contribution is 2.35. The molecule has 0 unspecified atom stereocenters. The average Bonchev–Trinajstić information content (AvgIpc) is 3.24. The normalized spacial score (nSPS) is 15.8. The van der Waals surface area contributed by atoms with Crippen molar-refractivity contribution in [2.45, 2.75) is 38.8 Å². The molecule has 26 heavy (non-hydrogen) atoms. The minimum Gasteiger partial charge on any atom is -0.302 e. The van der Waals surface area contributed by atoms with Crippen molar-refractivity contribution in [1.82, 2.24) is 14.6 Å². The molecule has 0 fully saturated rings. The molecule has 6 heteroatoms. The van der Waals surface area contributed by atoms with Crippen molar-refractivity contribution in [2.75, 3.05) is 5.01 Å². The third kappa shape index (κ3) is 2.51. The van der Waals surface area contributed by atoms with Gasteiger partial charge in [0, 0.05) is 18.0 Å². The van der Waals surface area contributed by atoms with Crippen LogP contribution in [0.25, 0.3) is 11.4 Å². The predicted molar refractivity (Wildman–Crippen MR) is 104 cm³/mol. The second-order valence-electron chi connectivity index (χ2n) is 6.91. The largest absolute Gasteiger partial charge is 0.302 e. The third-order valence-corrected chi connectivity index (χ3v) is 5.95. The Morgan fingerprint density at radius 1 is 0.923 bits per heavy atom. The monoisotopic (exact) mass is 384 g/mol. The first-order valence-electron chi connectivity index (χ1n) is 8.94. The first-order chi connectivity index (χ1) is 12.7. The van der Waals surface area contributed by atoms with Crippen molar-refractivity contribution in [3.63, 3.8) is 0 Å². The number of halogens is 2. The van der Waals surface area contributed by atoms with Crippen LogP contribution in [0, 0.1) is 0 Å². The van der Waals surface area contributed by atoms with Crippen LogP contribution in [0.3, 0.4) is 0 Å². The molecule has 2 aliphatic rings. The van der Waals surface area contributed by atoms with Crippen molar-refractivity contribution < 1.29 is 0 Å². The van der Waals surface area contributed by atoms with Crippen LogP contribution < -0.4 is 5.01 Å². The summed E-state index contributed by atoms with van der Waals surface area (Å²) >= 11 is 12.9. The maximum absolute atomic E-state index is 6.51. The zero-order chi connectivity index (χ0) is 17.7. The minimum atomic E-state index is 0.729. The summed E-state index contributed by atoms with van der Waals surface area (Å²) in [6.45, 7) is 1.54. The van der Waals surface area contributed by atoms with Crippen LogP contribution in [-0.2, 0) is 25.9 Å². The molecule has 3 aromatic rings. The number of aromatic nitrogens is 3. The number of imidazole rings is 1. The van der Waals surface area contributed by atoms with Crippen LogP contribution in [0.1, 0.15) is 35.4 Å². The fourth-order valence-corrected chi connectivity index (χ4v) is 4.50. The highest BCUT2D eigenvalue weighted by atomic mass is 35.5. The molecule has 4 nitrogen and oxygen atoms in total. The molecular weight excluding hydrogens is 367 g/mol. The van der Waals surface area contributed by atoms with E-state index in [1.807, 2.05) is 30.5 Å². The SMILES string of the molecule is Clc1ccccc1-c1nc2c(n1N1Cc3cncc(Cl)c3C1)CCCC2. The van der Waals surface area contributed by atoms with Crippen LogP contribution in [0.15, 0.2) is 36.7 Å². The number of pyridine rings is 1. The Hall–Kier alpha value is -2.04. The van der Waals surface area contributed by atoms with Crippen molar-refractivity contribution in [2.24, 2.45) is 0 Å². The summed E-state index contributed by atoms with van der Waals surface area (Å²) in [5.41, 5.74) is 5.82. The zero-order valence-corrected chi connectivity index (χ0v) is 15.8. The molecule has 1 aliphatic heterocycles. The van der Waals surface area contributed by atoms with Gasteiger partial charge in [0.2, 0.25) is 0 Å². The van der Waals surface area contributed by atoms with E-state index in [2.05, 4.69) is 14.7 Å². The molecule has 3 heterocycles. The molecule has 132 valence electrons. The van der Waals surface area contributed by atoms with Gasteiger partial charge in [-0.3, -0.25) is 4.98 Å². The van der Waals surface area contributed by atoms with Gasteiger partial charge in [0.15, 0.2) is 5.82 Å². The smallest absolute Gasteiger partial charge is 0.160 e. The lowest BCUT2D eigenvalue weighted by Crippen LogP contribution is -2.31. The molecule has 0 radical (unpaired) electrons. The summed E-state index contributed by atoms with van der Waals surface area (Å²) in [5.74, 6) is 0.930. The molecule has 1 aliphatic carbocycles. The average molecular weight is 385 g/mol. The Balaban J connectivity index is 1.66. The maximum atomic E-state index is 6.51. The van der Waals surface area contributed by atoms with Crippen LogP contribution in [0.4, 0.5) is 0 Å². The van der Waals surface area contributed by atoms with E-state index in [1.165, 1.54) is 29.8 Å². The molecule has 0 amide bonds. The summed E-state index contributed by atoms with van der Waals surface area (Å²) in [6, 6.07) is 7.94. The first kappa shape index (κ1) is 16.2. The van der Waals surface area contributed by atoms with E-state index >= 15 is 0 Å². The van der Waals surface area contributed by atoms with Gasteiger partial charge in [-0.15, -0.1) is 0 Å². The Morgan fingerprint density at radius 2 is 1.77 bits per heavy atom. The van der Waals surface area contributed by atoms with E-state index < -0.39 is 0 Å². The fourth-order valence-electron chi connectivity index (χ4n) is 4.04. The van der Waals surface area contributed by atoms with Crippen molar-refractivity contribution in [1.29, 1.82) is 0 Å². The fraction of sp³-hybridized carbons (Fsp3) is 0.300. The first-order valence-corrected chi connectivity index (χ1v) is 9.70. The lowest BCUT2D eigenvalue weighted by molar-refractivity contribution is 0.564. The molecule has 0 spiro atoms. The highest BCUT2D eigenvalue weighted by Gasteiger charge is 2.29. The van der Waals surface area contributed by atoms with Gasteiger partial charge in [-0.1, -0.05) is 35.3 Å². The summed E-state index contributed by atoms with van der Waals surface area (Å²) in [6.07, 6.45) is 8.11. The minimum absolute atomic E-state index is 0.729. The van der Waals surface area contributed by atoms with Gasteiger partial charge in [-0.2, -0.15) is 0 Å². The van der Waals surface area contributed by atoms with Crippen molar-refractivity contribution >= 4 is 23.2 Å². The van der Waals surface area contributed by atoms with Gasteiger partial charge >= 0.3 is 0 Å². The van der Waals surface area contributed by atoms with Gasteiger partial charge in [0.05, 0.1) is 34.5 Å². The van der Waals surface area contributed by atoms with E-state index in [1.54, 1.807) is 6.20 Å². The molecule has 1 aromatic carbocycles. The number of rotatable bonds is 2. The number of fused-ring (bicyclic) bond motifs is 2. The summed E-state index contributed by atoms with van der Waals surface area (Å²) < 4.78 is 2.28. The molecule has 0 atom stereocenters. The quantitative estimate of drug-likeness (QED) is 0.637. The van der Waals surface area contributed by atoms with Crippen LogP contribution in [0.5, 0.6) is 0 Å². The molecular formula is C20H18Cl2N4. The topological polar surface area (TPSA) is 34.0 Å². The number of hydrogen-bond donors (Lipinski definition) is 0. The van der Waals surface area contributed by atoms with E-state index in [9.17, 15) is 0 Å². The lowest BCUT2D eigenvalue weighted by Gasteiger charge is -2.26. The number of hydrogen-bond acceptors (Lipinski definition) is 3. The van der Waals surface area contributed by atoms with E-state index in [4.69, 9.17) is 28.2 Å². The third-order valence-electron chi connectivity index (χ3n) is 5.29. The number of benzene rings is 1. The molecule has 0 bridgehead atoms. The zero-order valence-electron chi connectivity index (χ0n) is 14.3. The number of aryl methyl sites for hydroxylation is 1. The van der Waals surface area contributed by atoms with Gasteiger partial charge < -0.3 is 5.01 Å². The van der Waals surface area contributed by atoms with Gasteiger partial charge in [-0.25, -0.2) is 9.66 Å². The Morgan fingerprint density at radius 3 is 2.62 bits per heavy atom. The van der Waals surface area contributed by atoms with Gasteiger partial charge in [-0.05, 0) is 48.9 Å².